The van der Waals surface area contributed by atoms with Crippen molar-refractivity contribution in [2.45, 2.75) is 60.2 Å². The van der Waals surface area contributed by atoms with E-state index in [0.29, 0.717) is 0 Å². The summed E-state index contributed by atoms with van der Waals surface area (Å²) in [6.07, 6.45) is 0.677. The lowest BCUT2D eigenvalue weighted by Gasteiger charge is -2.28. The van der Waals surface area contributed by atoms with E-state index in [4.69, 9.17) is 9.05 Å². The first-order chi connectivity index (χ1) is 11.2. The Balaban J connectivity index is 2.42. The molecular weight excluding hydrogens is 321 g/mol. The summed E-state index contributed by atoms with van der Waals surface area (Å²) in [6, 6.07) is 8.39. The normalized spacial score (nSPS) is 15.7. The molecule has 24 heavy (non-hydrogen) atoms. The van der Waals surface area contributed by atoms with Gasteiger partial charge in [-0.15, -0.1) is 0 Å². The predicted molar refractivity (Wildman–Crippen MR) is 100 cm³/mol. The third-order valence-corrected chi connectivity index (χ3v) is 5.81. The Labute approximate surface area is 146 Å². The number of anilines is 1. The highest BCUT2D eigenvalue weighted by Gasteiger charge is 2.30. The zero-order valence-corrected chi connectivity index (χ0v) is 16.5. The number of fused-ring (bicyclic) bond motifs is 1. The monoisotopic (exact) mass is 351 g/mol. The molecule has 0 fully saturated rings. The van der Waals surface area contributed by atoms with Gasteiger partial charge in [-0.1, -0.05) is 32.0 Å². The average Bonchev–Trinajstić information content (AvgIpc) is 2.86. The molecule has 0 saturated heterocycles. The van der Waals surface area contributed by atoms with E-state index < -0.39 is 7.60 Å². The maximum absolute atomic E-state index is 13.3. The van der Waals surface area contributed by atoms with Gasteiger partial charge in [0.1, 0.15) is 0 Å². The topological polar surface area (TPSA) is 38.8 Å². The fraction of sp³-hybridized carbons (Fsp3) is 0.579. The van der Waals surface area contributed by atoms with Gasteiger partial charge in [-0.05, 0) is 51.7 Å². The predicted octanol–water partition coefficient (Wildman–Crippen LogP) is 5.59. The van der Waals surface area contributed by atoms with Crippen molar-refractivity contribution in [2.75, 3.05) is 11.4 Å². The van der Waals surface area contributed by atoms with Crippen LogP contribution in [0.2, 0.25) is 0 Å². The van der Waals surface area contributed by atoms with Crippen LogP contribution >= 0.6 is 7.60 Å². The number of nitrogens with zero attached hydrogens (tertiary/aromatic N) is 1. The van der Waals surface area contributed by atoms with Crippen LogP contribution in [0.25, 0.3) is 0 Å². The van der Waals surface area contributed by atoms with Crippen molar-refractivity contribution in [3.63, 3.8) is 0 Å². The van der Waals surface area contributed by atoms with Gasteiger partial charge in [0.2, 0.25) is 0 Å². The molecule has 1 aromatic rings. The second kappa shape index (κ2) is 7.86. The summed E-state index contributed by atoms with van der Waals surface area (Å²) in [5.74, 6) is 1.95. The molecule has 0 atom stereocenters. The van der Waals surface area contributed by atoms with Crippen LogP contribution < -0.4 is 4.90 Å². The molecule has 0 aliphatic carbocycles. The molecule has 0 spiro atoms. The van der Waals surface area contributed by atoms with Gasteiger partial charge in [-0.25, -0.2) is 0 Å². The van der Waals surface area contributed by atoms with Gasteiger partial charge in [0.25, 0.3) is 0 Å². The Morgan fingerprint density at radius 1 is 1.08 bits per heavy atom. The Bertz CT molecular complexity index is 623. The smallest absolute Gasteiger partial charge is 0.344 e. The summed E-state index contributed by atoms with van der Waals surface area (Å²) < 4.78 is 24.7. The summed E-state index contributed by atoms with van der Waals surface area (Å²) in [5, 5.41) is 0. The van der Waals surface area contributed by atoms with Crippen LogP contribution in [0.5, 0.6) is 0 Å². The highest BCUT2D eigenvalue weighted by Crippen LogP contribution is 2.54. The van der Waals surface area contributed by atoms with E-state index in [1.54, 1.807) is 5.82 Å². The van der Waals surface area contributed by atoms with Crippen LogP contribution in [0.4, 0.5) is 5.69 Å². The van der Waals surface area contributed by atoms with Gasteiger partial charge in [-0.2, -0.15) is 0 Å². The first kappa shape index (κ1) is 19.2. The number of allylic oxidation sites excluding steroid dienone is 1. The zero-order valence-electron chi connectivity index (χ0n) is 15.7. The van der Waals surface area contributed by atoms with Gasteiger partial charge >= 0.3 is 7.60 Å². The molecule has 0 unspecified atom stereocenters. The van der Waals surface area contributed by atoms with E-state index in [1.165, 1.54) is 11.3 Å². The van der Waals surface area contributed by atoms with E-state index >= 15 is 0 Å². The van der Waals surface area contributed by atoms with Crippen molar-refractivity contribution < 1.29 is 13.6 Å². The van der Waals surface area contributed by atoms with Crippen LogP contribution in [0.1, 0.15) is 47.1 Å². The van der Waals surface area contributed by atoms with Crippen LogP contribution in [0, 0.1) is 5.92 Å². The molecule has 0 aromatic heterocycles. The van der Waals surface area contributed by atoms with Crippen molar-refractivity contribution in [1.29, 1.82) is 0 Å². The summed E-state index contributed by atoms with van der Waals surface area (Å²) in [7, 11) is -3.31. The van der Waals surface area contributed by atoms with Gasteiger partial charge in [0.15, 0.2) is 0 Å². The highest BCUT2D eigenvalue weighted by atomic mass is 31.2. The summed E-state index contributed by atoms with van der Waals surface area (Å²) in [5.41, 5.74) is 3.52. The second-order valence-corrected chi connectivity index (χ2v) is 8.85. The summed E-state index contributed by atoms with van der Waals surface area (Å²) in [4.78, 5) is 2.25. The zero-order chi connectivity index (χ0) is 17.9. The van der Waals surface area contributed by atoms with Crippen LogP contribution in [0.3, 0.4) is 0 Å². The lowest BCUT2D eigenvalue weighted by atomic mass is 10.1. The maximum atomic E-state index is 13.3. The third-order valence-electron chi connectivity index (χ3n) is 3.80. The molecule has 0 N–H and O–H groups in total. The van der Waals surface area contributed by atoms with Crippen LogP contribution in [-0.2, 0) is 20.0 Å². The Kier molecular flexibility index (Phi) is 6.30. The molecule has 1 heterocycles. The summed E-state index contributed by atoms with van der Waals surface area (Å²) in [6.45, 7) is 12.6. The molecular formula is C19H30NO3P. The van der Waals surface area contributed by atoms with E-state index in [9.17, 15) is 4.57 Å². The number of benzene rings is 1. The van der Waals surface area contributed by atoms with Gasteiger partial charge in [-0.3, -0.25) is 4.57 Å². The lowest BCUT2D eigenvalue weighted by molar-refractivity contribution is 0.149. The quantitative estimate of drug-likeness (QED) is 0.600. The summed E-state index contributed by atoms with van der Waals surface area (Å²) >= 11 is 0. The van der Waals surface area contributed by atoms with Crippen LogP contribution in [-0.4, -0.2) is 18.8 Å². The third kappa shape index (κ3) is 4.72. The molecule has 1 aliphatic heterocycles. The molecule has 0 bridgehead atoms. The van der Waals surface area contributed by atoms with Crippen molar-refractivity contribution in [1.82, 2.24) is 0 Å². The molecule has 1 aromatic carbocycles. The number of hydrogen-bond acceptors (Lipinski definition) is 4. The fourth-order valence-electron chi connectivity index (χ4n) is 2.97. The molecule has 1 aliphatic rings. The fourth-order valence-corrected chi connectivity index (χ4v) is 5.08. The minimum atomic E-state index is -3.31. The van der Waals surface area contributed by atoms with Crippen molar-refractivity contribution in [3.8, 4) is 0 Å². The average molecular weight is 351 g/mol. The molecule has 0 radical (unpaired) electrons. The Morgan fingerprint density at radius 3 is 2.21 bits per heavy atom. The Hall–Kier alpha value is -1.09. The first-order valence-corrected chi connectivity index (χ1v) is 10.4. The van der Waals surface area contributed by atoms with Gasteiger partial charge in [0.05, 0.1) is 12.2 Å². The van der Waals surface area contributed by atoms with Crippen molar-refractivity contribution in [3.05, 3.63) is 41.3 Å². The number of rotatable bonds is 7. The SMILES string of the molecule is CC(C)OP(=O)(C=C(C(C)C)N1CCc2ccccc21)OC(C)C. The minimum Gasteiger partial charge on any atom is -0.344 e. The second-order valence-electron chi connectivity index (χ2n) is 7.09. The van der Waals surface area contributed by atoms with Crippen molar-refractivity contribution >= 4 is 13.3 Å². The van der Waals surface area contributed by atoms with Gasteiger partial charge in [0, 0.05) is 23.7 Å². The standard InChI is InChI=1S/C19H30NO3P/c1-14(2)19(13-24(21,22-15(3)4)23-16(5)6)20-12-11-17-9-7-8-10-18(17)20/h7-10,13-16H,11-12H2,1-6H3. The van der Waals surface area contributed by atoms with Crippen molar-refractivity contribution in [2.24, 2.45) is 5.92 Å². The Morgan fingerprint density at radius 2 is 1.67 bits per heavy atom. The minimum absolute atomic E-state index is 0.162. The largest absolute Gasteiger partial charge is 0.356 e. The van der Waals surface area contributed by atoms with E-state index in [2.05, 4.69) is 36.9 Å². The maximum Gasteiger partial charge on any atom is 0.356 e. The molecule has 0 saturated carbocycles. The molecule has 0 amide bonds. The number of hydrogen-bond donors (Lipinski definition) is 0. The van der Waals surface area contributed by atoms with Gasteiger partial charge < -0.3 is 13.9 Å². The van der Waals surface area contributed by atoms with E-state index in [1.807, 2.05) is 33.8 Å². The highest BCUT2D eigenvalue weighted by molar-refractivity contribution is 7.57. The van der Waals surface area contributed by atoms with E-state index in [0.717, 1.165) is 18.7 Å². The van der Waals surface area contributed by atoms with Crippen LogP contribution in [0.15, 0.2) is 35.8 Å². The molecule has 2 rings (SSSR count). The van der Waals surface area contributed by atoms with E-state index in [-0.39, 0.29) is 18.1 Å². The molecule has 4 nitrogen and oxygen atoms in total. The first-order valence-electron chi connectivity index (χ1n) is 8.76. The lowest BCUT2D eigenvalue weighted by Crippen LogP contribution is -2.23. The number of para-hydroxylation sites is 1. The molecule has 5 heteroatoms. The molecule has 134 valence electrons.